The number of carboxylic acid groups (broad SMARTS) is 1. The van der Waals surface area contributed by atoms with Gasteiger partial charge in [-0.1, -0.05) is 6.07 Å². The quantitative estimate of drug-likeness (QED) is 0.857. The molecule has 1 aliphatic rings. The van der Waals surface area contributed by atoms with Gasteiger partial charge in [0.15, 0.2) is 0 Å². The zero-order valence-corrected chi connectivity index (χ0v) is 12.1. The van der Waals surface area contributed by atoms with Crippen LogP contribution in [0.4, 0.5) is 10.1 Å². The van der Waals surface area contributed by atoms with E-state index in [1.807, 2.05) is 0 Å². The van der Waals surface area contributed by atoms with Crippen LogP contribution in [0, 0.1) is 5.82 Å². The van der Waals surface area contributed by atoms with Crippen LogP contribution in [0.5, 0.6) is 0 Å². The van der Waals surface area contributed by atoms with Crippen LogP contribution in [-0.4, -0.2) is 53.9 Å². The lowest BCUT2D eigenvalue weighted by Gasteiger charge is -2.29. The summed E-state index contributed by atoms with van der Waals surface area (Å²) in [5, 5.41) is 18.3. The minimum Gasteiger partial charge on any atom is -0.480 e. The number of likely N-dealkylation sites (tertiary alicyclic amines) is 1. The zero-order valence-electron chi connectivity index (χ0n) is 12.1. The van der Waals surface area contributed by atoms with E-state index < -0.39 is 11.8 Å². The van der Waals surface area contributed by atoms with Gasteiger partial charge in [-0.15, -0.1) is 0 Å². The van der Waals surface area contributed by atoms with E-state index >= 15 is 0 Å². The first-order valence-electron chi connectivity index (χ1n) is 7.07. The van der Waals surface area contributed by atoms with E-state index in [2.05, 4.69) is 4.90 Å². The van der Waals surface area contributed by atoms with Crippen molar-refractivity contribution in [3.63, 3.8) is 0 Å². The largest absolute Gasteiger partial charge is 0.480 e. The number of likely N-dealkylation sites (N-methyl/N-ethyl adjacent to an activating group) is 1. The third kappa shape index (κ3) is 4.41. The molecule has 0 radical (unpaired) electrons. The van der Waals surface area contributed by atoms with Crippen LogP contribution in [0.2, 0.25) is 0 Å². The second-order valence-corrected chi connectivity index (χ2v) is 5.54. The summed E-state index contributed by atoms with van der Waals surface area (Å²) in [6.07, 6.45) is 1.30. The van der Waals surface area contributed by atoms with Crippen molar-refractivity contribution >= 4 is 11.7 Å². The van der Waals surface area contributed by atoms with Crippen molar-refractivity contribution in [3.05, 3.63) is 29.6 Å². The van der Waals surface area contributed by atoms with Gasteiger partial charge in [0.05, 0.1) is 11.8 Å². The average molecular weight is 296 g/mol. The summed E-state index contributed by atoms with van der Waals surface area (Å²) in [6, 6.07) is 4.80. The van der Waals surface area contributed by atoms with Crippen molar-refractivity contribution in [2.24, 2.45) is 0 Å². The fourth-order valence-electron chi connectivity index (χ4n) is 2.57. The molecule has 2 rings (SSSR count). The number of carbonyl (C=O) groups is 1. The summed E-state index contributed by atoms with van der Waals surface area (Å²) in [5.41, 5.74) is 1.24. The van der Waals surface area contributed by atoms with Gasteiger partial charge in [0, 0.05) is 26.7 Å². The Morgan fingerprint density at radius 3 is 2.71 bits per heavy atom. The van der Waals surface area contributed by atoms with Crippen LogP contribution < -0.4 is 4.90 Å². The molecule has 0 bridgehead atoms. The van der Waals surface area contributed by atoms with Crippen LogP contribution in [0.1, 0.15) is 18.4 Å². The Morgan fingerprint density at radius 2 is 2.10 bits per heavy atom. The number of aliphatic hydroxyl groups excluding tert-OH is 1. The number of rotatable bonds is 5. The molecule has 1 saturated heterocycles. The molecule has 0 saturated carbocycles. The van der Waals surface area contributed by atoms with E-state index in [4.69, 9.17) is 5.11 Å². The number of benzene rings is 1. The molecule has 0 unspecified atom stereocenters. The zero-order chi connectivity index (χ0) is 15.4. The van der Waals surface area contributed by atoms with Gasteiger partial charge in [-0.2, -0.15) is 0 Å². The number of halogens is 1. The molecule has 0 aromatic heterocycles. The highest BCUT2D eigenvalue weighted by atomic mass is 19.1. The maximum absolute atomic E-state index is 13.8. The van der Waals surface area contributed by atoms with E-state index in [9.17, 15) is 14.3 Å². The molecular weight excluding hydrogens is 275 g/mol. The van der Waals surface area contributed by atoms with Gasteiger partial charge < -0.3 is 15.1 Å². The fraction of sp³-hybridized carbons (Fsp3) is 0.533. The van der Waals surface area contributed by atoms with Crippen molar-refractivity contribution in [2.75, 3.05) is 31.6 Å². The summed E-state index contributed by atoms with van der Waals surface area (Å²) in [4.78, 5) is 14.3. The Kier molecular flexibility index (Phi) is 5.14. The highest BCUT2D eigenvalue weighted by Gasteiger charge is 2.18. The highest BCUT2D eigenvalue weighted by Crippen LogP contribution is 2.22. The Balaban J connectivity index is 2.05. The molecule has 0 amide bonds. The fourth-order valence-corrected chi connectivity index (χ4v) is 2.57. The Hall–Kier alpha value is -1.66. The molecular formula is C15H21FN2O3. The highest BCUT2D eigenvalue weighted by molar-refractivity contribution is 5.73. The molecule has 0 spiro atoms. The normalized spacial score (nSPS) is 16.9. The predicted molar refractivity (Wildman–Crippen MR) is 77.8 cm³/mol. The lowest BCUT2D eigenvalue weighted by atomic mass is 10.1. The number of carboxylic acids is 1. The van der Waals surface area contributed by atoms with E-state index in [0.29, 0.717) is 12.2 Å². The Bertz CT molecular complexity index is 502. The van der Waals surface area contributed by atoms with Crippen molar-refractivity contribution < 1.29 is 19.4 Å². The first-order valence-corrected chi connectivity index (χ1v) is 7.07. The van der Waals surface area contributed by atoms with E-state index in [-0.39, 0.29) is 12.6 Å². The lowest BCUT2D eigenvalue weighted by molar-refractivity contribution is -0.135. The van der Waals surface area contributed by atoms with Gasteiger partial charge in [-0.05, 0) is 30.5 Å². The molecule has 6 heteroatoms. The number of anilines is 1. The first kappa shape index (κ1) is 15.7. The number of aliphatic hydroxyl groups is 1. The van der Waals surface area contributed by atoms with Crippen molar-refractivity contribution in [1.82, 2.24) is 4.90 Å². The average Bonchev–Trinajstić information content (AvgIpc) is 2.42. The summed E-state index contributed by atoms with van der Waals surface area (Å²) >= 11 is 0. The maximum atomic E-state index is 13.8. The van der Waals surface area contributed by atoms with Gasteiger partial charge in [-0.25, -0.2) is 4.39 Å². The van der Waals surface area contributed by atoms with E-state index in [0.717, 1.165) is 31.5 Å². The number of hydrogen-bond donors (Lipinski definition) is 2. The Morgan fingerprint density at radius 1 is 1.43 bits per heavy atom. The van der Waals surface area contributed by atoms with Gasteiger partial charge in [-0.3, -0.25) is 9.69 Å². The van der Waals surface area contributed by atoms with Crippen molar-refractivity contribution in [3.8, 4) is 0 Å². The molecule has 1 heterocycles. The van der Waals surface area contributed by atoms with Gasteiger partial charge in [0.25, 0.3) is 0 Å². The third-order valence-corrected chi connectivity index (χ3v) is 3.76. The predicted octanol–water partition coefficient (Wildman–Crippen LogP) is 1.30. The van der Waals surface area contributed by atoms with Crippen LogP contribution in [0.25, 0.3) is 0 Å². The molecule has 116 valence electrons. The molecule has 1 fully saturated rings. The monoisotopic (exact) mass is 296 g/mol. The molecule has 1 aliphatic heterocycles. The molecule has 1 aromatic carbocycles. The SMILES string of the molecule is CN(CC(=O)O)c1cc(CN2CCC(O)CC2)ccc1F. The molecule has 5 nitrogen and oxygen atoms in total. The molecule has 0 aliphatic carbocycles. The molecule has 21 heavy (non-hydrogen) atoms. The lowest BCUT2D eigenvalue weighted by Crippen LogP contribution is -2.35. The smallest absolute Gasteiger partial charge is 0.323 e. The van der Waals surface area contributed by atoms with Gasteiger partial charge in [0.2, 0.25) is 0 Å². The number of aliphatic carboxylic acids is 1. The second kappa shape index (κ2) is 6.87. The topological polar surface area (TPSA) is 64.0 Å². The number of piperidine rings is 1. The van der Waals surface area contributed by atoms with E-state index in [1.165, 1.54) is 11.0 Å². The summed E-state index contributed by atoms with van der Waals surface area (Å²) in [5.74, 6) is -1.41. The van der Waals surface area contributed by atoms with Crippen molar-refractivity contribution in [1.29, 1.82) is 0 Å². The third-order valence-electron chi connectivity index (χ3n) is 3.76. The number of nitrogens with zero attached hydrogens (tertiary/aromatic N) is 2. The summed E-state index contributed by atoms with van der Waals surface area (Å²) < 4.78 is 13.8. The van der Waals surface area contributed by atoms with E-state index in [1.54, 1.807) is 19.2 Å². The maximum Gasteiger partial charge on any atom is 0.323 e. The van der Waals surface area contributed by atoms with Gasteiger partial charge in [0.1, 0.15) is 12.4 Å². The van der Waals surface area contributed by atoms with Crippen LogP contribution in [-0.2, 0) is 11.3 Å². The molecule has 1 aromatic rings. The minimum absolute atomic E-state index is 0.216. The van der Waals surface area contributed by atoms with Crippen LogP contribution in [0.15, 0.2) is 18.2 Å². The van der Waals surface area contributed by atoms with Crippen LogP contribution >= 0.6 is 0 Å². The second-order valence-electron chi connectivity index (χ2n) is 5.54. The molecule has 2 N–H and O–H groups in total. The van der Waals surface area contributed by atoms with Gasteiger partial charge >= 0.3 is 5.97 Å². The molecule has 0 atom stereocenters. The Labute approximate surface area is 123 Å². The van der Waals surface area contributed by atoms with Crippen molar-refractivity contribution in [2.45, 2.75) is 25.5 Å². The summed E-state index contributed by atoms with van der Waals surface area (Å²) in [6.45, 7) is 2.08. The summed E-state index contributed by atoms with van der Waals surface area (Å²) in [7, 11) is 1.56. The minimum atomic E-state index is -0.993. The standard InChI is InChI=1S/C15H21FN2O3/c1-17(10-15(20)21)14-8-11(2-3-13(14)16)9-18-6-4-12(19)5-7-18/h2-3,8,12,19H,4-7,9-10H2,1H3,(H,20,21). The number of hydrogen-bond acceptors (Lipinski definition) is 4. The van der Waals surface area contributed by atoms with Crippen LogP contribution in [0.3, 0.4) is 0 Å². The first-order chi connectivity index (χ1) is 9.95.